The van der Waals surface area contributed by atoms with Crippen molar-refractivity contribution in [2.45, 2.75) is 58.9 Å². The molecule has 2 aromatic heterocycles. The molecule has 0 aliphatic carbocycles. The molecule has 0 radical (unpaired) electrons. The Morgan fingerprint density at radius 3 is 2.18 bits per heavy atom. The third-order valence-corrected chi connectivity index (χ3v) is 7.87. The molecule has 0 saturated heterocycles. The summed E-state index contributed by atoms with van der Waals surface area (Å²) >= 11 is 0. The standard InChI is InChI=1S/C24H31N5O3S/c1-16-17(2)19(4)24(20(5)18(16)3)33(31,32)26-13-8-23(30)27-22-10-15-29(28-22)14-9-21-6-11-25-12-7-21/h6-7,10-12,15,26H,8-9,13-14H2,1-5H3,(H,27,28,30). The molecule has 1 amide bonds. The Bertz CT molecular complexity index is 1220. The van der Waals surface area contributed by atoms with E-state index in [1.807, 2.05) is 46.8 Å². The number of anilines is 1. The zero-order valence-electron chi connectivity index (χ0n) is 19.8. The lowest BCUT2D eigenvalue weighted by molar-refractivity contribution is -0.116. The number of pyridine rings is 1. The third-order valence-electron chi connectivity index (χ3n) is 6.13. The van der Waals surface area contributed by atoms with E-state index in [-0.39, 0.29) is 18.9 Å². The topological polar surface area (TPSA) is 106 Å². The highest BCUT2D eigenvalue weighted by atomic mass is 32.2. The lowest BCUT2D eigenvalue weighted by Crippen LogP contribution is -2.29. The summed E-state index contributed by atoms with van der Waals surface area (Å²) in [5, 5.41) is 7.07. The number of sulfonamides is 1. The van der Waals surface area contributed by atoms with E-state index in [2.05, 4.69) is 20.1 Å². The molecule has 0 bridgehead atoms. The molecule has 0 spiro atoms. The summed E-state index contributed by atoms with van der Waals surface area (Å²) in [4.78, 5) is 16.6. The number of rotatable bonds is 9. The molecular formula is C24H31N5O3S. The van der Waals surface area contributed by atoms with E-state index in [9.17, 15) is 13.2 Å². The number of hydrogen-bond acceptors (Lipinski definition) is 5. The van der Waals surface area contributed by atoms with Gasteiger partial charge in [0.2, 0.25) is 15.9 Å². The molecule has 0 saturated carbocycles. The quantitative estimate of drug-likeness (QED) is 0.500. The van der Waals surface area contributed by atoms with E-state index < -0.39 is 10.0 Å². The van der Waals surface area contributed by atoms with E-state index >= 15 is 0 Å². The SMILES string of the molecule is Cc1c(C)c(C)c(S(=O)(=O)NCCC(=O)Nc2ccn(CCc3ccncc3)n2)c(C)c1C. The Morgan fingerprint density at radius 2 is 1.55 bits per heavy atom. The third kappa shape index (κ3) is 5.85. The molecule has 2 N–H and O–H groups in total. The van der Waals surface area contributed by atoms with Gasteiger partial charge in [0.05, 0.1) is 4.90 Å². The summed E-state index contributed by atoms with van der Waals surface area (Å²) in [7, 11) is -3.74. The van der Waals surface area contributed by atoms with Crippen LogP contribution in [0.5, 0.6) is 0 Å². The van der Waals surface area contributed by atoms with Gasteiger partial charge in [-0.1, -0.05) is 0 Å². The Labute approximate surface area is 195 Å². The Hall–Kier alpha value is -3.04. The Morgan fingerprint density at radius 1 is 0.939 bits per heavy atom. The smallest absolute Gasteiger partial charge is 0.241 e. The van der Waals surface area contributed by atoms with Crippen LogP contribution in [-0.2, 0) is 27.8 Å². The van der Waals surface area contributed by atoms with E-state index in [0.29, 0.717) is 17.3 Å². The molecule has 3 rings (SSSR count). The predicted octanol–water partition coefficient (Wildman–Crippen LogP) is 3.37. The number of carbonyl (C=O) groups is 1. The van der Waals surface area contributed by atoms with Crippen molar-refractivity contribution in [3.8, 4) is 0 Å². The van der Waals surface area contributed by atoms with Crippen LogP contribution in [0, 0.1) is 34.6 Å². The Balaban J connectivity index is 1.54. The summed E-state index contributed by atoms with van der Waals surface area (Å²) < 4.78 is 30.2. The average molecular weight is 470 g/mol. The van der Waals surface area contributed by atoms with Crippen molar-refractivity contribution in [2.75, 3.05) is 11.9 Å². The summed E-state index contributed by atoms with van der Waals surface area (Å²) in [6.07, 6.45) is 6.11. The monoisotopic (exact) mass is 469 g/mol. The summed E-state index contributed by atoms with van der Waals surface area (Å²) in [6.45, 7) is 10.2. The molecule has 176 valence electrons. The van der Waals surface area contributed by atoms with Crippen molar-refractivity contribution in [1.82, 2.24) is 19.5 Å². The van der Waals surface area contributed by atoms with Gasteiger partial charge in [0.1, 0.15) is 0 Å². The van der Waals surface area contributed by atoms with Crippen LogP contribution < -0.4 is 10.0 Å². The first-order valence-corrected chi connectivity index (χ1v) is 12.4. The zero-order valence-corrected chi connectivity index (χ0v) is 20.6. The first-order valence-electron chi connectivity index (χ1n) is 10.9. The van der Waals surface area contributed by atoms with Crippen LogP contribution in [0.25, 0.3) is 0 Å². The zero-order chi connectivity index (χ0) is 24.2. The maximum Gasteiger partial charge on any atom is 0.241 e. The van der Waals surface area contributed by atoms with Gasteiger partial charge >= 0.3 is 0 Å². The van der Waals surface area contributed by atoms with Gasteiger partial charge in [0, 0.05) is 44.2 Å². The lowest BCUT2D eigenvalue weighted by atomic mass is 9.95. The molecule has 9 heteroatoms. The number of nitrogens with zero attached hydrogens (tertiary/aromatic N) is 3. The van der Waals surface area contributed by atoms with E-state index in [0.717, 1.165) is 39.8 Å². The molecule has 3 aromatic rings. The lowest BCUT2D eigenvalue weighted by Gasteiger charge is -2.19. The van der Waals surface area contributed by atoms with Gasteiger partial charge in [-0.25, -0.2) is 13.1 Å². The maximum atomic E-state index is 13.0. The molecule has 33 heavy (non-hydrogen) atoms. The molecule has 0 aliphatic rings. The van der Waals surface area contributed by atoms with Gasteiger partial charge in [-0.3, -0.25) is 14.5 Å². The van der Waals surface area contributed by atoms with Gasteiger partial charge in [-0.2, -0.15) is 5.10 Å². The van der Waals surface area contributed by atoms with Crippen LogP contribution in [0.15, 0.2) is 41.7 Å². The summed E-state index contributed by atoms with van der Waals surface area (Å²) in [6, 6.07) is 5.63. The number of hydrogen-bond donors (Lipinski definition) is 2. The van der Waals surface area contributed by atoms with Crippen LogP contribution in [0.2, 0.25) is 0 Å². The summed E-state index contributed by atoms with van der Waals surface area (Å²) in [5.41, 5.74) is 5.67. The van der Waals surface area contributed by atoms with Crippen LogP contribution in [0.3, 0.4) is 0 Å². The van der Waals surface area contributed by atoms with Gasteiger partial charge < -0.3 is 5.32 Å². The number of aryl methyl sites for hydroxylation is 2. The highest BCUT2D eigenvalue weighted by Crippen LogP contribution is 2.29. The molecule has 0 unspecified atom stereocenters. The minimum atomic E-state index is -3.74. The number of aromatic nitrogens is 3. The molecule has 2 heterocycles. The molecular weight excluding hydrogens is 438 g/mol. The average Bonchev–Trinajstić information content (AvgIpc) is 3.22. The van der Waals surface area contributed by atoms with Crippen molar-refractivity contribution < 1.29 is 13.2 Å². The molecule has 0 fully saturated rings. The molecule has 8 nitrogen and oxygen atoms in total. The minimum Gasteiger partial charge on any atom is -0.309 e. The molecule has 0 atom stereocenters. The van der Waals surface area contributed by atoms with Gasteiger partial charge in [0.25, 0.3) is 0 Å². The fraction of sp³-hybridized carbons (Fsp3) is 0.375. The van der Waals surface area contributed by atoms with Crippen molar-refractivity contribution >= 4 is 21.7 Å². The van der Waals surface area contributed by atoms with Gasteiger partial charge in [0.15, 0.2) is 5.82 Å². The largest absolute Gasteiger partial charge is 0.309 e. The first kappa shape index (κ1) is 24.6. The number of amides is 1. The van der Waals surface area contributed by atoms with E-state index in [4.69, 9.17) is 0 Å². The van der Waals surface area contributed by atoms with Gasteiger partial charge in [-0.15, -0.1) is 0 Å². The van der Waals surface area contributed by atoms with Crippen LogP contribution in [0.4, 0.5) is 5.82 Å². The van der Waals surface area contributed by atoms with Crippen molar-refractivity contribution in [3.05, 3.63) is 70.2 Å². The van der Waals surface area contributed by atoms with Crippen LogP contribution >= 0.6 is 0 Å². The van der Waals surface area contributed by atoms with E-state index in [1.165, 1.54) is 0 Å². The fourth-order valence-corrected chi connectivity index (χ4v) is 5.42. The minimum absolute atomic E-state index is 0.00176. The highest BCUT2D eigenvalue weighted by molar-refractivity contribution is 7.89. The van der Waals surface area contributed by atoms with E-state index in [1.54, 1.807) is 29.3 Å². The van der Waals surface area contributed by atoms with Crippen molar-refractivity contribution in [2.24, 2.45) is 0 Å². The number of nitrogens with one attached hydrogen (secondary N) is 2. The van der Waals surface area contributed by atoms with Crippen LogP contribution in [-0.4, -0.2) is 35.6 Å². The second kappa shape index (κ2) is 10.3. The second-order valence-corrected chi connectivity index (χ2v) is 9.92. The highest BCUT2D eigenvalue weighted by Gasteiger charge is 2.23. The molecule has 0 aliphatic heterocycles. The summed E-state index contributed by atoms with van der Waals surface area (Å²) in [5.74, 6) is 0.135. The number of carbonyl (C=O) groups excluding carboxylic acids is 1. The predicted molar refractivity (Wildman–Crippen MR) is 129 cm³/mol. The van der Waals surface area contributed by atoms with Crippen molar-refractivity contribution in [3.63, 3.8) is 0 Å². The molecule has 1 aromatic carbocycles. The number of benzene rings is 1. The normalized spacial score (nSPS) is 11.5. The Kier molecular flexibility index (Phi) is 7.65. The second-order valence-electron chi connectivity index (χ2n) is 8.22. The first-order chi connectivity index (χ1) is 15.6. The van der Waals surface area contributed by atoms with Crippen LogP contribution in [0.1, 0.15) is 39.8 Å². The van der Waals surface area contributed by atoms with Crippen molar-refractivity contribution in [1.29, 1.82) is 0 Å². The van der Waals surface area contributed by atoms with Gasteiger partial charge in [-0.05, 0) is 86.6 Å². The fourth-order valence-electron chi connectivity index (χ4n) is 3.79. The maximum absolute atomic E-state index is 13.0.